The first-order valence-electron chi connectivity index (χ1n) is 7.20. The number of nitrogens with zero attached hydrogens (tertiary/aromatic N) is 1. The standard InChI is InChI=1S/C18H14N2O3S/c1-11-4-2-5-12(8-11)15-10-24-18(19-15)20-16(21)13-6-3-7-14(9-13)17(22)23/h2-10H,1H3,(H,22,23)(H,19,20,21). The topological polar surface area (TPSA) is 79.3 Å². The summed E-state index contributed by atoms with van der Waals surface area (Å²) in [5.74, 6) is -1.45. The van der Waals surface area contributed by atoms with Crippen LogP contribution in [-0.4, -0.2) is 22.0 Å². The largest absolute Gasteiger partial charge is 0.478 e. The molecule has 0 aliphatic heterocycles. The molecule has 0 atom stereocenters. The summed E-state index contributed by atoms with van der Waals surface area (Å²) in [7, 11) is 0. The van der Waals surface area contributed by atoms with Crippen LogP contribution in [0.3, 0.4) is 0 Å². The summed E-state index contributed by atoms with van der Waals surface area (Å²) in [6.45, 7) is 2.01. The number of nitrogens with one attached hydrogen (secondary N) is 1. The molecule has 0 fully saturated rings. The highest BCUT2D eigenvalue weighted by atomic mass is 32.1. The Morgan fingerprint density at radius 2 is 1.83 bits per heavy atom. The van der Waals surface area contributed by atoms with Gasteiger partial charge < -0.3 is 5.11 Å². The van der Waals surface area contributed by atoms with Gasteiger partial charge in [0.2, 0.25) is 0 Å². The minimum absolute atomic E-state index is 0.0715. The normalized spacial score (nSPS) is 10.4. The molecule has 1 aromatic heterocycles. The van der Waals surface area contributed by atoms with Crippen molar-refractivity contribution >= 4 is 28.3 Å². The van der Waals surface area contributed by atoms with E-state index in [4.69, 9.17) is 5.11 Å². The monoisotopic (exact) mass is 338 g/mol. The summed E-state index contributed by atoms with van der Waals surface area (Å²) < 4.78 is 0. The van der Waals surface area contributed by atoms with Gasteiger partial charge in [0, 0.05) is 16.5 Å². The summed E-state index contributed by atoms with van der Waals surface area (Å²) in [5.41, 5.74) is 3.26. The Labute approximate surface area is 142 Å². The minimum Gasteiger partial charge on any atom is -0.478 e. The molecule has 6 heteroatoms. The highest BCUT2D eigenvalue weighted by Gasteiger charge is 2.12. The molecule has 1 heterocycles. The molecule has 0 spiro atoms. The van der Waals surface area contributed by atoms with Crippen molar-refractivity contribution < 1.29 is 14.7 Å². The number of benzene rings is 2. The fraction of sp³-hybridized carbons (Fsp3) is 0.0556. The van der Waals surface area contributed by atoms with Gasteiger partial charge in [-0.15, -0.1) is 11.3 Å². The van der Waals surface area contributed by atoms with Gasteiger partial charge in [-0.25, -0.2) is 9.78 Å². The number of aromatic nitrogens is 1. The van der Waals surface area contributed by atoms with E-state index < -0.39 is 5.97 Å². The van der Waals surface area contributed by atoms with Gasteiger partial charge in [0.1, 0.15) is 0 Å². The van der Waals surface area contributed by atoms with Gasteiger partial charge in [-0.05, 0) is 31.2 Å². The predicted molar refractivity (Wildman–Crippen MR) is 93.6 cm³/mol. The summed E-state index contributed by atoms with van der Waals surface area (Å²) in [6, 6.07) is 13.8. The van der Waals surface area contributed by atoms with E-state index in [1.54, 1.807) is 12.1 Å². The minimum atomic E-state index is -1.07. The van der Waals surface area contributed by atoms with Crippen molar-refractivity contribution in [2.45, 2.75) is 6.92 Å². The lowest BCUT2D eigenvalue weighted by atomic mass is 10.1. The second-order valence-corrected chi connectivity index (χ2v) is 6.11. The quantitative estimate of drug-likeness (QED) is 0.751. The molecule has 0 saturated carbocycles. The van der Waals surface area contributed by atoms with Crippen molar-refractivity contribution in [1.29, 1.82) is 0 Å². The number of aromatic carboxylic acids is 1. The number of thiazole rings is 1. The van der Waals surface area contributed by atoms with Crippen LogP contribution in [0.25, 0.3) is 11.3 Å². The maximum atomic E-state index is 12.3. The smallest absolute Gasteiger partial charge is 0.335 e. The van der Waals surface area contributed by atoms with E-state index in [9.17, 15) is 9.59 Å². The van der Waals surface area contributed by atoms with E-state index in [0.29, 0.717) is 5.13 Å². The SMILES string of the molecule is Cc1cccc(-c2csc(NC(=O)c3cccc(C(=O)O)c3)n2)c1. The number of carboxylic acid groups (broad SMARTS) is 1. The van der Waals surface area contributed by atoms with Crippen molar-refractivity contribution in [3.8, 4) is 11.3 Å². The van der Waals surface area contributed by atoms with Crippen LogP contribution in [0.15, 0.2) is 53.9 Å². The molecule has 0 saturated heterocycles. The van der Waals surface area contributed by atoms with Crippen LogP contribution in [0.1, 0.15) is 26.3 Å². The number of hydrogen-bond acceptors (Lipinski definition) is 4. The summed E-state index contributed by atoms with van der Waals surface area (Å²) in [5, 5.41) is 14.0. The second-order valence-electron chi connectivity index (χ2n) is 5.25. The van der Waals surface area contributed by atoms with Crippen LogP contribution in [0.4, 0.5) is 5.13 Å². The third-order valence-electron chi connectivity index (χ3n) is 3.41. The van der Waals surface area contributed by atoms with Crippen LogP contribution in [-0.2, 0) is 0 Å². The fourth-order valence-corrected chi connectivity index (χ4v) is 2.95. The van der Waals surface area contributed by atoms with Crippen LogP contribution in [0, 0.1) is 6.92 Å². The Morgan fingerprint density at radius 3 is 2.58 bits per heavy atom. The van der Waals surface area contributed by atoms with Crippen molar-refractivity contribution in [2.24, 2.45) is 0 Å². The molecule has 0 bridgehead atoms. The van der Waals surface area contributed by atoms with E-state index in [1.165, 1.54) is 23.5 Å². The Balaban J connectivity index is 1.78. The number of carboxylic acids is 1. The fourth-order valence-electron chi connectivity index (χ4n) is 2.23. The number of rotatable bonds is 4. The predicted octanol–water partition coefficient (Wildman–Crippen LogP) is 4.07. The van der Waals surface area contributed by atoms with Crippen molar-refractivity contribution in [1.82, 2.24) is 4.98 Å². The number of hydrogen-bond donors (Lipinski definition) is 2. The zero-order valence-corrected chi connectivity index (χ0v) is 13.6. The first-order valence-corrected chi connectivity index (χ1v) is 8.08. The molecule has 0 radical (unpaired) electrons. The Kier molecular flexibility index (Phi) is 4.39. The van der Waals surface area contributed by atoms with Gasteiger partial charge in [-0.1, -0.05) is 29.8 Å². The number of carbonyl (C=O) groups is 2. The lowest BCUT2D eigenvalue weighted by Crippen LogP contribution is -2.12. The third-order valence-corrected chi connectivity index (χ3v) is 4.17. The van der Waals surface area contributed by atoms with E-state index in [0.717, 1.165) is 16.8 Å². The average molecular weight is 338 g/mol. The molecule has 0 aliphatic rings. The molecule has 2 N–H and O–H groups in total. The highest BCUT2D eigenvalue weighted by molar-refractivity contribution is 7.14. The summed E-state index contributed by atoms with van der Waals surface area (Å²) >= 11 is 1.32. The zero-order valence-electron chi connectivity index (χ0n) is 12.8. The van der Waals surface area contributed by atoms with Gasteiger partial charge in [0.25, 0.3) is 5.91 Å². The summed E-state index contributed by atoms with van der Waals surface area (Å²) in [4.78, 5) is 27.6. The molecular formula is C18H14N2O3S. The number of anilines is 1. The molecule has 24 heavy (non-hydrogen) atoms. The maximum absolute atomic E-state index is 12.3. The molecule has 1 amide bonds. The first-order chi connectivity index (χ1) is 11.5. The van der Waals surface area contributed by atoms with Crippen molar-refractivity contribution in [2.75, 3.05) is 5.32 Å². The molecule has 2 aromatic carbocycles. The molecule has 0 aliphatic carbocycles. The Hall–Kier alpha value is -2.99. The van der Waals surface area contributed by atoms with Crippen molar-refractivity contribution in [3.05, 3.63) is 70.6 Å². The molecule has 3 aromatic rings. The van der Waals surface area contributed by atoms with Crippen LogP contribution >= 0.6 is 11.3 Å². The van der Waals surface area contributed by atoms with Crippen LogP contribution in [0.2, 0.25) is 0 Å². The molecule has 0 unspecified atom stereocenters. The second kappa shape index (κ2) is 6.64. The van der Waals surface area contributed by atoms with Gasteiger partial charge >= 0.3 is 5.97 Å². The molecular weight excluding hydrogens is 324 g/mol. The lowest BCUT2D eigenvalue weighted by molar-refractivity contribution is 0.0697. The molecule has 3 rings (SSSR count). The highest BCUT2D eigenvalue weighted by Crippen LogP contribution is 2.25. The Morgan fingerprint density at radius 1 is 1.08 bits per heavy atom. The number of aryl methyl sites for hydroxylation is 1. The van der Waals surface area contributed by atoms with E-state index in [2.05, 4.69) is 10.3 Å². The summed E-state index contributed by atoms with van der Waals surface area (Å²) in [6.07, 6.45) is 0. The van der Waals surface area contributed by atoms with E-state index in [1.807, 2.05) is 36.6 Å². The van der Waals surface area contributed by atoms with Gasteiger partial charge in [0.15, 0.2) is 5.13 Å². The van der Waals surface area contributed by atoms with Gasteiger partial charge in [-0.3, -0.25) is 10.1 Å². The molecule has 5 nitrogen and oxygen atoms in total. The van der Waals surface area contributed by atoms with Gasteiger partial charge in [0.05, 0.1) is 11.3 Å². The van der Waals surface area contributed by atoms with Crippen LogP contribution in [0.5, 0.6) is 0 Å². The zero-order chi connectivity index (χ0) is 17.1. The van der Waals surface area contributed by atoms with Crippen LogP contribution < -0.4 is 5.32 Å². The average Bonchev–Trinajstić information content (AvgIpc) is 3.03. The lowest BCUT2D eigenvalue weighted by Gasteiger charge is -2.03. The Bertz CT molecular complexity index is 918. The molecule has 120 valence electrons. The number of amides is 1. The first kappa shape index (κ1) is 15.9. The third kappa shape index (κ3) is 3.49. The number of carbonyl (C=O) groups excluding carboxylic acids is 1. The maximum Gasteiger partial charge on any atom is 0.335 e. The van der Waals surface area contributed by atoms with Gasteiger partial charge in [-0.2, -0.15) is 0 Å². The van der Waals surface area contributed by atoms with Crippen molar-refractivity contribution in [3.63, 3.8) is 0 Å². The van der Waals surface area contributed by atoms with E-state index >= 15 is 0 Å². The van der Waals surface area contributed by atoms with E-state index in [-0.39, 0.29) is 17.0 Å².